The Morgan fingerprint density at radius 3 is 2.39 bits per heavy atom. The molecule has 0 radical (unpaired) electrons. The molecule has 1 aromatic carbocycles. The molecule has 3 nitrogen and oxygen atoms in total. The highest BCUT2D eigenvalue weighted by Gasteiger charge is 2.18. The molecule has 0 aliphatic heterocycles. The van der Waals surface area contributed by atoms with E-state index < -0.39 is 0 Å². The average Bonchev–Trinajstić information content (AvgIpc) is 2.31. The van der Waals surface area contributed by atoms with Crippen molar-refractivity contribution in [2.24, 2.45) is 0 Å². The van der Waals surface area contributed by atoms with Crippen molar-refractivity contribution in [2.45, 2.75) is 39.2 Å². The summed E-state index contributed by atoms with van der Waals surface area (Å²) in [6, 6.07) is 8.42. The summed E-state index contributed by atoms with van der Waals surface area (Å²) in [5.41, 5.74) is 2.38. The predicted molar refractivity (Wildman–Crippen MR) is 75.6 cm³/mol. The maximum absolute atomic E-state index is 11.7. The highest BCUT2D eigenvalue weighted by molar-refractivity contribution is 5.77. The van der Waals surface area contributed by atoms with Gasteiger partial charge in [0, 0.05) is 18.5 Å². The number of carbonyl (C=O) groups is 1. The fourth-order valence-electron chi connectivity index (χ4n) is 1.65. The van der Waals surface area contributed by atoms with E-state index in [2.05, 4.69) is 41.8 Å². The standard InChI is InChI=1S/C15H24N2O/c1-12-5-7-13(8-6-12)9-10-17-14(18)11-15(2,3)16-4/h5-8,16H,9-11H2,1-4H3,(H,17,18). The molecule has 0 bridgehead atoms. The number of nitrogens with one attached hydrogen (secondary N) is 2. The normalized spacial score (nSPS) is 11.3. The number of carbonyl (C=O) groups excluding carboxylic acids is 1. The number of benzene rings is 1. The minimum atomic E-state index is -0.145. The van der Waals surface area contributed by atoms with E-state index in [0.717, 1.165) is 6.42 Å². The van der Waals surface area contributed by atoms with Crippen LogP contribution in [0.3, 0.4) is 0 Å². The van der Waals surface area contributed by atoms with Crippen LogP contribution in [0.25, 0.3) is 0 Å². The summed E-state index contributed by atoms with van der Waals surface area (Å²) in [4.78, 5) is 11.7. The second-order valence-electron chi connectivity index (χ2n) is 5.40. The SMILES string of the molecule is CNC(C)(C)CC(=O)NCCc1ccc(C)cc1. The van der Waals surface area contributed by atoms with Gasteiger partial charge in [-0.2, -0.15) is 0 Å². The third-order valence-corrected chi connectivity index (χ3v) is 3.14. The maximum Gasteiger partial charge on any atom is 0.221 e. The zero-order valence-electron chi connectivity index (χ0n) is 11.8. The van der Waals surface area contributed by atoms with Gasteiger partial charge in [0.1, 0.15) is 0 Å². The van der Waals surface area contributed by atoms with Crippen LogP contribution in [0.1, 0.15) is 31.4 Å². The van der Waals surface area contributed by atoms with Gasteiger partial charge in [0.15, 0.2) is 0 Å². The molecule has 0 aliphatic carbocycles. The first-order chi connectivity index (χ1) is 8.43. The Morgan fingerprint density at radius 2 is 1.83 bits per heavy atom. The Hall–Kier alpha value is -1.35. The Kier molecular flexibility index (Phi) is 5.35. The van der Waals surface area contributed by atoms with Crippen LogP contribution in [0.2, 0.25) is 0 Å². The summed E-state index contributed by atoms with van der Waals surface area (Å²) >= 11 is 0. The van der Waals surface area contributed by atoms with Gasteiger partial charge in [-0.3, -0.25) is 4.79 Å². The summed E-state index contributed by atoms with van der Waals surface area (Å²) in [5, 5.41) is 6.08. The van der Waals surface area contributed by atoms with Gasteiger partial charge < -0.3 is 10.6 Å². The fraction of sp³-hybridized carbons (Fsp3) is 0.533. The molecule has 1 amide bonds. The van der Waals surface area contributed by atoms with E-state index in [1.807, 2.05) is 20.9 Å². The quantitative estimate of drug-likeness (QED) is 0.809. The lowest BCUT2D eigenvalue weighted by molar-refractivity contribution is -0.122. The van der Waals surface area contributed by atoms with E-state index in [1.54, 1.807) is 0 Å². The van der Waals surface area contributed by atoms with Crippen molar-refractivity contribution in [3.63, 3.8) is 0 Å². The largest absolute Gasteiger partial charge is 0.356 e. The number of hydrogen-bond acceptors (Lipinski definition) is 2. The van der Waals surface area contributed by atoms with Crippen LogP contribution >= 0.6 is 0 Å². The molecule has 18 heavy (non-hydrogen) atoms. The summed E-state index contributed by atoms with van der Waals surface area (Å²) in [6.07, 6.45) is 1.38. The van der Waals surface area contributed by atoms with Gasteiger partial charge >= 0.3 is 0 Å². The molecule has 0 saturated heterocycles. The van der Waals surface area contributed by atoms with Gasteiger partial charge in [-0.25, -0.2) is 0 Å². The fourth-order valence-corrected chi connectivity index (χ4v) is 1.65. The highest BCUT2D eigenvalue weighted by Crippen LogP contribution is 2.07. The highest BCUT2D eigenvalue weighted by atomic mass is 16.1. The van der Waals surface area contributed by atoms with E-state index in [0.29, 0.717) is 13.0 Å². The van der Waals surface area contributed by atoms with E-state index in [1.165, 1.54) is 11.1 Å². The molecule has 3 heteroatoms. The van der Waals surface area contributed by atoms with Crippen LogP contribution in [0.15, 0.2) is 24.3 Å². The molecular weight excluding hydrogens is 224 g/mol. The average molecular weight is 248 g/mol. The molecule has 1 rings (SSSR count). The Bertz CT molecular complexity index is 382. The van der Waals surface area contributed by atoms with Crippen LogP contribution in [-0.4, -0.2) is 25.0 Å². The molecule has 0 unspecified atom stereocenters. The van der Waals surface area contributed by atoms with Crippen molar-refractivity contribution in [3.05, 3.63) is 35.4 Å². The summed E-state index contributed by atoms with van der Waals surface area (Å²) < 4.78 is 0. The summed E-state index contributed by atoms with van der Waals surface area (Å²) in [5.74, 6) is 0.0986. The van der Waals surface area contributed by atoms with Crippen molar-refractivity contribution in [2.75, 3.05) is 13.6 Å². The summed E-state index contributed by atoms with van der Waals surface area (Å²) in [7, 11) is 1.87. The number of aryl methyl sites for hydroxylation is 1. The molecule has 0 atom stereocenters. The van der Waals surface area contributed by atoms with Crippen LogP contribution in [0.5, 0.6) is 0 Å². The first-order valence-corrected chi connectivity index (χ1v) is 6.44. The van der Waals surface area contributed by atoms with E-state index in [-0.39, 0.29) is 11.4 Å². The molecule has 0 aliphatic rings. The third-order valence-electron chi connectivity index (χ3n) is 3.14. The van der Waals surface area contributed by atoms with Gasteiger partial charge in [-0.15, -0.1) is 0 Å². The van der Waals surface area contributed by atoms with Crippen LogP contribution in [-0.2, 0) is 11.2 Å². The topological polar surface area (TPSA) is 41.1 Å². The lowest BCUT2D eigenvalue weighted by atomic mass is 10.0. The molecular formula is C15H24N2O. The second kappa shape index (κ2) is 6.55. The van der Waals surface area contributed by atoms with E-state index >= 15 is 0 Å². The third kappa shape index (κ3) is 5.32. The van der Waals surface area contributed by atoms with Crippen molar-refractivity contribution in [3.8, 4) is 0 Å². The molecule has 0 heterocycles. The molecule has 0 spiro atoms. The number of rotatable bonds is 6. The Labute approximate surface area is 110 Å². The van der Waals surface area contributed by atoms with Gasteiger partial charge in [0.2, 0.25) is 5.91 Å². The smallest absolute Gasteiger partial charge is 0.221 e. The molecule has 0 saturated carbocycles. The monoisotopic (exact) mass is 248 g/mol. The molecule has 0 fully saturated rings. The van der Waals surface area contributed by atoms with Crippen molar-refractivity contribution < 1.29 is 4.79 Å². The first-order valence-electron chi connectivity index (χ1n) is 6.44. The van der Waals surface area contributed by atoms with Gasteiger partial charge in [-0.05, 0) is 39.8 Å². The maximum atomic E-state index is 11.7. The van der Waals surface area contributed by atoms with Crippen molar-refractivity contribution >= 4 is 5.91 Å². The molecule has 1 aromatic rings. The zero-order valence-corrected chi connectivity index (χ0v) is 11.8. The van der Waals surface area contributed by atoms with Crippen LogP contribution in [0.4, 0.5) is 0 Å². The van der Waals surface area contributed by atoms with E-state index in [4.69, 9.17) is 0 Å². The first kappa shape index (κ1) is 14.7. The van der Waals surface area contributed by atoms with Crippen LogP contribution < -0.4 is 10.6 Å². The van der Waals surface area contributed by atoms with Crippen LogP contribution in [0, 0.1) is 6.92 Å². The number of hydrogen-bond donors (Lipinski definition) is 2. The molecule has 0 aromatic heterocycles. The lowest BCUT2D eigenvalue weighted by Gasteiger charge is -2.23. The second-order valence-corrected chi connectivity index (χ2v) is 5.40. The lowest BCUT2D eigenvalue weighted by Crippen LogP contribution is -2.42. The molecule has 100 valence electrons. The minimum Gasteiger partial charge on any atom is -0.356 e. The van der Waals surface area contributed by atoms with Gasteiger partial charge in [0.25, 0.3) is 0 Å². The minimum absolute atomic E-state index is 0.0986. The van der Waals surface area contributed by atoms with Gasteiger partial charge in [0.05, 0.1) is 0 Å². The zero-order chi connectivity index (χ0) is 13.6. The Balaban J connectivity index is 2.29. The Morgan fingerprint density at radius 1 is 1.22 bits per heavy atom. The summed E-state index contributed by atoms with van der Waals surface area (Å²) in [6.45, 7) is 6.81. The van der Waals surface area contributed by atoms with E-state index in [9.17, 15) is 4.79 Å². The van der Waals surface area contributed by atoms with Crippen molar-refractivity contribution in [1.29, 1.82) is 0 Å². The number of amides is 1. The van der Waals surface area contributed by atoms with Crippen molar-refractivity contribution in [1.82, 2.24) is 10.6 Å². The van der Waals surface area contributed by atoms with Gasteiger partial charge in [-0.1, -0.05) is 29.8 Å². The predicted octanol–water partition coefficient (Wildman–Crippen LogP) is 2.04. The molecule has 2 N–H and O–H groups in total.